The Hall–Kier alpha value is -1.65. The minimum atomic E-state index is 0.300. The van der Waals surface area contributed by atoms with Crippen molar-refractivity contribution in [1.29, 1.82) is 0 Å². The molecule has 1 heterocycles. The molecule has 0 aliphatic heterocycles. The van der Waals surface area contributed by atoms with Gasteiger partial charge in [-0.3, -0.25) is 4.90 Å². The first-order valence-corrected chi connectivity index (χ1v) is 7.05. The number of likely N-dealkylation sites (N-methyl/N-ethyl adjacent to an activating group) is 1. The number of aryl methyl sites for hydroxylation is 1. The third-order valence-electron chi connectivity index (χ3n) is 4.02. The molecule has 4 nitrogen and oxygen atoms in total. The Morgan fingerprint density at radius 1 is 1.30 bits per heavy atom. The van der Waals surface area contributed by atoms with Crippen molar-refractivity contribution in [1.82, 2.24) is 14.5 Å². The van der Waals surface area contributed by atoms with Gasteiger partial charge in [0.2, 0.25) is 0 Å². The van der Waals surface area contributed by atoms with Gasteiger partial charge in [0.25, 0.3) is 0 Å². The summed E-state index contributed by atoms with van der Waals surface area (Å²) in [5.74, 6) is 1.46. The number of imidazole rings is 1. The molecule has 0 bridgehead atoms. The normalized spacial score (nSPS) is 14.4. The van der Waals surface area contributed by atoms with E-state index in [4.69, 9.17) is 5.73 Å². The Bertz CT molecular complexity index is 520. The van der Waals surface area contributed by atoms with Gasteiger partial charge in [0.1, 0.15) is 5.82 Å². The van der Waals surface area contributed by atoms with E-state index in [1.165, 1.54) is 5.56 Å². The average molecular weight is 272 g/mol. The maximum atomic E-state index is 6.01. The highest BCUT2D eigenvalue weighted by atomic mass is 15.2. The van der Waals surface area contributed by atoms with Gasteiger partial charge in [0, 0.05) is 32.0 Å². The number of rotatable bonds is 6. The lowest BCUT2D eigenvalue weighted by Gasteiger charge is -2.32. The zero-order chi connectivity index (χ0) is 14.5. The molecule has 2 aromatic rings. The number of aromatic nitrogens is 2. The SMILES string of the molecule is CC(c1ccccc1)C(CN)N(C)Cc1nccn1C. The topological polar surface area (TPSA) is 47.1 Å². The Morgan fingerprint density at radius 2 is 2.00 bits per heavy atom. The van der Waals surface area contributed by atoms with E-state index in [0.717, 1.165) is 12.4 Å². The molecule has 108 valence electrons. The molecule has 1 aromatic heterocycles. The van der Waals surface area contributed by atoms with Gasteiger partial charge in [-0.2, -0.15) is 0 Å². The van der Waals surface area contributed by atoms with Crippen molar-refractivity contribution < 1.29 is 0 Å². The number of hydrogen-bond acceptors (Lipinski definition) is 3. The van der Waals surface area contributed by atoms with Gasteiger partial charge in [-0.25, -0.2) is 4.98 Å². The van der Waals surface area contributed by atoms with Crippen molar-refractivity contribution in [3.05, 3.63) is 54.1 Å². The van der Waals surface area contributed by atoms with Crippen LogP contribution >= 0.6 is 0 Å². The third kappa shape index (κ3) is 3.26. The fourth-order valence-corrected chi connectivity index (χ4v) is 2.63. The first-order chi connectivity index (χ1) is 9.63. The maximum absolute atomic E-state index is 6.01. The van der Waals surface area contributed by atoms with Crippen LogP contribution in [0.5, 0.6) is 0 Å². The molecule has 4 heteroatoms. The standard InChI is InChI=1S/C16H24N4/c1-13(14-7-5-4-6-8-14)15(11-17)20(3)12-16-18-9-10-19(16)2/h4-10,13,15H,11-12,17H2,1-3H3. The Morgan fingerprint density at radius 3 is 2.55 bits per heavy atom. The molecule has 0 radical (unpaired) electrons. The minimum absolute atomic E-state index is 0.300. The Kier molecular flexibility index (Phi) is 4.93. The molecule has 2 atom stereocenters. The average Bonchev–Trinajstić information content (AvgIpc) is 2.86. The van der Waals surface area contributed by atoms with E-state index in [2.05, 4.69) is 52.7 Å². The highest BCUT2D eigenvalue weighted by Gasteiger charge is 2.22. The van der Waals surface area contributed by atoms with Gasteiger partial charge in [-0.15, -0.1) is 0 Å². The van der Waals surface area contributed by atoms with Crippen LogP contribution in [0.4, 0.5) is 0 Å². The molecule has 2 unspecified atom stereocenters. The van der Waals surface area contributed by atoms with E-state index in [9.17, 15) is 0 Å². The van der Waals surface area contributed by atoms with E-state index in [-0.39, 0.29) is 0 Å². The predicted molar refractivity (Wildman–Crippen MR) is 82.4 cm³/mol. The van der Waals surface area contributed by atoms with Crippen molar-refractivity contribution in [3.63, 3.8) is 0 Å². The summed E-state index contributed by atoms with van der Waals surface area (Å²) in [5, 5.41) is 0. The maximum Gasteiger partial charge on any atom is 0.122 e. The fraction of sp³-hybridized carbons (Fsp3) is 0.438. The lowest BCUT2D eigenvalue weighted by atomic mass is 9.92. The zero-order valence-electron chi connectivity index (χ0n) is 12.5. The molecule has 2 N–H and O–H groups in total. The minimum Gasteiger partial charge on any atom is -0.337 e. The van der Waals surface area contributed by atoms with Crippen molar-refractivity contribution in [2.45, 2.75) is 25.4 Å². The summed E-state index contributed by atoms with van der Waals surface area (Å²) in [5.41, 5.74) is 7.34. The van der Waals surface area contributed by atoms with E-state index >= 15 is 0 Å². The van der Waals surface area contributed by atoms with E-state index in [0.29, 0.717) is 18.5 Å². The van der Waals surface area contributed by atoms with Crippen molar-refractivity contribution in [2.75, 3.05) is 13.6 Å². The summed E-state index contributed by atoms with van der Waals surface area (Å²) < 4.78 is 2.05. The van der Waals surface area contributed by atoms with Crippen LogP contribution in [-0.2, 0) is 13.6 Å². The smallest absolute Gasteiger partial charge is 0.122 e. The monoisotopic (exact) mass is 272 g/mol. The van der Waals surface area contributed by atoms with Gasteiger partial charge in [0.05, 0.1) is 6.54 Å². The van der Waals surface area contributed by atoms with Crippen LogP contribution in [0.1, 0.15) is 24.2 Å². The summed E-state index contributed by atoms with van der Waals surface area (Å²) in [6.07, 6.45) is 3.81. The summed E-state index contributed by atoms with van der Waals surface area (Å²) in [6, 6.07) is 10.8. The summed E-state index contributed by atoms with van der Waals surface area (Å²) in [6.45, 7) is 3.68. The summed E-state index contributed by atoms with van der Waals surface area (Å²) in [4.78, 5) is 6.68. The molecule has 0 fully saturated rings. The zero-order valence-corrected chi connectivity index (χ0v) is 12.5. The molecule has 0 saturated carbocycles. The Labute approximate surface area is 121 Å². The number of hydrogen-bond donors (Lipinski definition) is 1. The van der Waals surface area contributed by atoms with Gasteiger partial charge in [0.15, 0.2) is 0 Å². The molecule has 0 spiro atoms. The fourth-order valence-electron chi connectivity index (χ4n) is 2.63. The van der Waals surface area contributed by atoms with E-state index in [1.54, 1.807) is 0 Å². The molecule has 0 aliphatic rings. The second-order valence-electron chi connectivity index (χ2n) is 5.37. The first-order valence-electron chi connectivity index (χ1n) is 7.05. The second kappa shape index (κ2) is 6.68. The van der Waals surface area contributed by atoms with Crippen molar-refractivity contribution in [3.8, 4) is 0 Å². The van der Waals surface area contributed by atoms with Gasteiger partial charge < -0.3 is 10.3 Å². The summed E-state index contributed by atoms with van der Waals surface area (Å²) >= 11 is 0. The highest BCUT2D eigenvalue weighted by Crippen LogP contribution is 2.22. The van der Waals surface area contributed by atoms with Gasteiger partial charge >= 0.3 is 0 Å². The molecule has 0 amide bonds. The molecular weight excluding hydrogens is 248 g/mol. The van der Waals surface area contributed by atoms with Crippen LogP contribution in [-0.4, -0.2) is 34.1 Å². The lowest BCUT2D eigenvalue weighted by molar-refractivity contribution is 0.206. The van der Waals surface area contributed by atoms with Crippen LogP contribution in [0.15, 0.2) is 42.7 Å². The molecule has 20 heavy (non-hydrogen) atoms. The van der Waals surface area contributed by atoms with Crippen LogP contribution < -0.4 is 5.73 Å². The first kappa shape index (κ1) is 14.8. The second-order valence-corrected chi connectivity index (χ2v) is 5.37. The Balaban J connectivity index is 2.09. The lowest BCUT2D eigenvalue weighted by Crippen LogP contribution is -2.41. The van der Waals surface area contributed by atoms with Gasteiger partial charge in [-0.1, -0.05) is 37.3 Å². The molecule has 1 aromatic carbocycles. The largest absolute Gasteiger partial charge is 0.337 e. The molecule has 2 rings (SSSR count). The van der Waals surface area contributed by atoms with Crippen molar-refractivity contribution in [2.24, 2.45) is 12.8 Å². The summed E-state index contributed by atoms with van der Waals surface area (Å²) in [7, 11) is 4.14. The van der Waals surface area contributed by atoms with Crippen LogP contribution in [0.25, 0.3) is 0 Å². The van der Waals surface area contributed by atoms with E-state index in [1.807, 2.05) is 25.5 Å². The van der Waals surface area contributed by atoms with Crippen molar-refractivity contribution >= 4 is 0 Å². The molecule has 0 aliphatic carbocycles. The molecule has 0 saturated heterocycles. The van der Waals surface area contributed by atoms with Crippen LogP contribution in [0.2, 0.25) is 0 Å². The third-order valence-corrected chi connectivity index (χ3v) is 4.02. The van der Waals surface area contributed by atoms with Crippen LogP contribution in [0.3, 0.4) is 0 Å². The number of benzene rings is 1. The predicted octanol–water partition coefficient (Wildman–Crippen LogP) is 1.98. The van der Waals surface area contributed by atoms with Crippen LogP contribution in [0, 0.1) is 0 Å². The number of nitrogens with zero attached hydrogens (tertiary/aromatic N) is 3. The number of nitrogens with two attached hydrogens (primary N) is 1. The quantitative estimate of drug-likeness (QED) is 0.874. The van der Waals surface area contributed by atoms with Gasteiger partial charge in [-0.05, 0) is 18.5 Å². The van der Waals surface area contributed by atoms with E-state index < -0.39 is 0 Å². The highest BCUT2D eigenvalue weighted by molar-refractivity contribution is 5.20. The molecular formula is C16H24N4.